The van der Waals surface area contributed by atoms with Crippen molar-refractivity contribution in [3.05, 3.63) is 18.2 Å². The first-order chi connectivity index (χ1) is 18.5. The Morgan fingerprint density at radius 2 is 1.48 bits per heavy atom. The second kappa shape index (κ2) is 16.1. The first-order valence-electron chi connectivity index (χ1n) is 12.9. The van der Waals surface area contributed by atoms with Gasteiger partial charge in [-0.05, 0) is 66.4 Å². The smallest absolute Gasteiger partial charge is 0.408 e. The summed E-state index contributed by atoms with van der Waals surface area (Å²) in [5.41, 5.74) is -0.945. The number of hydrogen-bond acceptors (Lipinski definition) is 10. The third-order valence-corrected chi connectivity index (χ3v) is 5.73. The second-order valence-electron chi connectivity index (χ2n) is 11.0. The van der Waals surface area contributed by atoms with Gasteiger partial charge in [0.2, 0.25) is 11.8 Å². The average Bonchev–Trinajstić information content (AvgIpc) is 3.34. The van der Waals surface area contributed by atoms with Gasteiger partial charge in [-0.25, -0.2) is 14.6 Å². The number of aromatic nitrogens is 2. The number of methoxy groups -OCH3 is 1. The van der Waals surface area contributed by atoms with E-state index in [-0.39, 0.29) is 25.7 Å². The molecule has 3 amide bonds. The van der Waals surface area contributed by atoms with Crippen LogP contribution in [-0.4, -0.2) is 88.3 Å². The second-order valence-corrected chi connectivity index (χ2v) is 12.0. The van der Waals surface area contributed by atoms with E-state index in [0.29, 0.717) is 11.4 Å². The van der Waals surface area contributed by atoms with Gasteiger partial charge >= 0.3 is 18.0 Å². The van der Waals surface area contributed by atoms with E-state index in [1.165, 1.54) is 31.4 Å². The van der Waals surface area contributed by atoms with Gasteiger partial charge in [0.25, 0.3) is 0 Å². The van der Waals surface area contributed by atoms with Crippen molar-refractivity contribution in [2.75, 3.05) is 19.1 Å². The van der Waals surface area contributed by atoms with Crippen molar-refractivity contribution in [1.29, 1.82) is 0 Å². The highest BCUT2D eigenvalue weighted by Gasteiger charge is 2.32. The Bertz CT molecular complexity index is 988. The first-order valence-corrected chi connectivity index (χ1v) is 14.3. The molecule has 0 fully saturated rings. The normalized spacial score (nSPS) is 13.8. The predicted molar refractivity (Wildman–Crippen MR) is 149 cm³/mol. The molecule has 3 atom stereocenters. The van der Waals surface area contributed by atoms with Gasteiger partial charge in [0, 0.05) is 24.7 Å². The number of thioether (sulfide) groups is 1. The largest absolute Gasteiger partial charge is 0.467 e. The molecule has 0 aromatic carbocycles. The molecule has 13 nitrogen and oxygen atoms in total. The molecule has 0 saturated heterocycles. The summed E-state index contributed by atoms with van der Waals surface area (Å²) in [5, 5.41) is 7.77. The van der Waals surface area contributed by atoms with Crippen LogP contribution in [0.1, 0.15) is 66.5 Å². The molecule has 40 heavy (non-hydrogen) atoms. The van der Waals surface area contributed by atoms with E-state index in [4.69, 9.17) is 14.2 Å². The minimum absolute atomic E-state index is 0.0572. The summed E-state index contributed by atoms with van der Waals surface area (Å²) in [7, 11) is 1.19. The molecule has 0 unspecified atom stereocenters. The summed E-state index contributed by atoms with van der Waals surface area (Å²) in [6, 6.07) is -3.34. The quantitative estimate of drug-likeness (QED) is 0.186. The third kappa shape index (κ3) is 14.2. The van der Waals surface area contributed by atoms with Crippen molar-refractivity contribution < 1.29 is 38.2 Å². The van der Waals surface area contributed by atoms with Crippen LogP contribution < -0.4 is 16.0 Å². The van der Waals surface area contributed by atoms with Crippen molar-refractivity contribution in [1.82, 2.24) is 25.9 Å². The molecule has 1 aromatic rings. The molecule has 0 spiro atoms. The number of aromatic amines is 1. The molecule has 14 heteroatoms. The molecule has 0 aliphatic rings. The van der Waals surface area contributed by atoms with Gasteiger partial charge in [0.05, 0.1) is 13.4 Å². The maximum Gasteiger partial charge on any atom is 0.408 e. The third-order valence-electron chi connectivity index (χ3n) is 5.09. The fourth-order valence-electron chi connectivity index (χ4n) is 3.37. The van der Waals surface area contributed by atoms with Crippen LogP contribution in [0.4, 0.5) is 4.79 Å². The molecule has 0 aliphatic heterocycles. The number of rotatable bonds is 14. The van der Waals surface area contributed by atoms with Crippen LogP contribution in [0.25, 0.3) is 0 Å². The zero-order chi connectivity index (χ0) is 30.5. The van der Waals surface area contributed by atoms with E-state index in [1.54, 1.807) is 41.5 Å². The van der Waals surface area contributed by atoms with Gasteiger partial charge < -0.3 is 35.1 Å². The van der Waals surface area contributed by atoms with Gasteiger partial charge in [-0.1, -0.05) is 0 Å². The number of carbonyl (C=O) groups excluding carboxylic acids is 5. The molecule has 4 N–H and O–H groups in total. The topological polar surface area (TPSA) is 178 Å². The van der Waals surface area contributed by atoms with Crippen LogP contribution in [0.5, 0.6) is 0 Å². The van der Waals surface area contributed by atoms with E-state index in [1.807, 2.05) is 6.26 Å². The van der Waals surface area contributed by atoms with E-state index < -0.39 is 59.2 Å². The first kappa shape index (κ1) is 34.7. The number of ether oxygens (including phenoxy) is 3. The van der Waals surface area contributed by atoms with Crippen molar-refractivity contribution in [3.63, 3.8) is 0 Å². The van der Waals surface area contributed by atoms with E-state index in [2.05, 4.69) is 25.9 Å². The number of imidazole rings is 1. The summed E-state index contributed by atoms with van der Waals surface area (Å²) < 4.78 is 15.4. The number of nitrogens with one attached hydrogen (secondary N) is 4. The van der Waals surface area contributed by atoms with E-state index >= 15 is 0 Å². The number of H-pyrrole nitrogens is 1. The summed E-state index contributed by atoms with van der Waals surface area (Å²) in [5.74, 6) is -2.09. The lowest BCUT2D eigenvalue weighted by molar-refractivity contribution is -0.155. The zero-order valence-corrected chi connectivity index (χ0v) is 25.4. The molecule has 1 aromatic heterocycles. The average molecular weight is 586 g/mol. The lowest BCUT2D eigenvalue weighted by atomic mass is 10.1. The van der Waals surface area contributed by atoms with Crippen LogP contribution in [0.15, 0.2) is 12.5 Å². The molecule has 1 heterocycles. The molecule has 0 aliphatic carbocycles. The Morgan fingerprint density at radius 1 is 0.900 bits per heavy atom. The number of alkyl carbamates (subject to hydrolysis) is 1. The summed E-state index contributed by atoms with van der Waals surface area (Å²) in [6.07, 6.45) is 4.02. The molecule has 226 valence electrons. The number of hydrogen-bond donors (Lipinski definition) is 4. The SMILES string of the molecule is COC(=O)[C@H](Cc1cnc[nH]1)NC(=O)[C@H](CCC(=O)OC(C)(C)C)NC(=O)[C@@H](CCSC)NC(=O)OC(C)(C)C. The predicted octanol–water partition coefficient (Wildman–Crippen LogP) is 1.86. The number of amides is 3. The van der Waals surface area contributed by atoms with Crippen LogP contribution in [-0.2, 0) is 39.8 Å². The van der Waals surface area contributed by atoms with Crippen LogP contribution in [0, 0.1) is 0 Å². The minimum Gasteiger partial charge on any atom is -0.467 e. The van der Waals surface area contributed by atoms with Crippen molar-refractivity contribution >= 4 is 41.6 Å². The fourth-order valence-corrected chi connectivity index (χ4v) is 3.85. The molecular weight excluding hydrogens is 542 g/mol. The minimum atomic E-state index is -1.23. The number of carbonyl (C=O) groups is 5. The Morgan fingerprint density at radius 3 is 1.98 bits per heavy atom. The lowest BCUT2D eigenvalue weighted by Gasteiger charge is -2.26. The zero-order valence-electron chi connectivity index (χ0n) is 24.5. The standard InChI is InChI=1S/C26H43N5O8S/c1-25(2,3)38-20(32)10-9-17(21(33)30-19(23(35)37-7)13-16-14-27-15-28-16)29-22(34)18(11-12-40-8)31-24(36)39-26(4,5)6/h14-15,17-19H,9-13H2,1-8H3,(H,27,28)(H,29,34)(H,30,33)(H,31,36)/t17-,18+,19-/m0/s1. The van der Waals surface area contributed by atoms with Crippen molar-refractivity contribution in [2.24, 2.45) is 0 Å². The summed E-state index contributed by atoms with van der Waals surface area (Å²) >= 11 is 1.48. The van der Waals surface area contributed by atoms with Gasteiger partial charge in [-0.3, -0.25) is 14.4 Å². The Kier molecular flexibility index (Phi) is 14.0. The fraction of sp³-hybridized carbons (Fsp3) is 0.692. The highest BCUT2D eigenvalue weighted by molar-refractivity contribution is 7.98. The maximum absolute atomic E-state index is 13.4. The van der Waals surface area contributed by atoms with E-state index in [9.17, 15) is 24.0 Å². The Labute approximate surface area is 239 Å². The molecule has 0 saturated carbocycles. The van der Waals surface area contributed by atoms with Gasteiger partial charge in [0.1, 0.15) is 29.3 Å². The number of esters is 2. The highest BCUT2D eigenvalue weighted by atomic mass is 32.2. The number of nitrogens with zero attached hydrogens (tertiary/aromatic N) is 1. The van der Waals surface area contributed by atoms with Gasteiger partial charge in [0.15, 0.2) is 0 Å². The van der Waals surface area contributed by atoms with Crippen LogP contribution in [0.3, 0.4) is 0 Å². The summed E-state index contributed by atoms with van der Waals surface area (Å²) in [4.78, 5) is 70.6. The Balaban J connectivity index is 3.13. The Hall–Kier alpha value is -3.29. The molecule has 0 radical (unpaired) electrons. The maximum atomic E-state index is 13.4. The van der Waals surface area contributed by atoms with E-state index in [0.717, 1.165) is 0 Å². The van der Waals surface area contributed by atoms with Gasteiger partial charge in [-0.2, -0.15) is 11.8 Å². The van der Waals surface area contributed by atoms with Crippen LogP contribution >= 0.6 is 11.8 Å². The summed E-state index contributed by atoms with van der Waals surface area (Å²) in [6.45, 7) is 10.2. The monoisotopic (exact) mass is 585 g/mol. The van der Waals surface area contributed by atoms with Crippen molar-refractivity contribution in [3.8, 4) is 0 Å². The lowest BCUT2D eigenvalue weighted by Crippen LogP contribution is -2.56. The highest BCUT2D eigenvalue weighted by Crippen LogP contribution is 2.12. The van der Waals surface area contributed by atoms with Crippen molar-refractivity contribution in [2.45, 2.75) is 96.6 Å². The molecular formula is C26H43N5O8S. The van der Waals surface area contributed by atoms with Crippen LogP contribution in [0.2, 0.25) is 0 Å². The van der Waals surface area contributed by atoms with Gasteiger partial charge in [-0.15, -0.1) is 0 Å². The molecule has 0 bridgehead atoms. The molecule has 1 rings (SSSR count).